The number of likely N-dealkylation sites (tertiary alicyclic amines) is 1. The monoisotopic (exact) mass is 607 g/mol. The Labute approximate surface area is 222 Å². The second kappa shape index (κ2) is 12.5. The first kappa shape index (κ1) is 32.3. The molecule has 4 rings (SSSR count). The van der Waals surface area contributed by atoms with Gasteiger partial charge < -0.3 is 14.9 Å². The summed E-state index contributed by atoms with van der Waals surface area (Å²) in [7, 11) is -1.93. The molecular formula is C21H23F6N3O7S2. The van der Waals surface area contributed by atoms with Crippen molar-refractivity contribution in [2.45, 2.75) is 42.2 Å². The number of carboxylic acid groups (broad SMARTS) is 2. The lowest BCUT2D eigenvalue weighted by Gasteiger charge is -2.41. The van der Waals surface area contributed by atoms with Gasteiger partial charge in [0.15, 0.2) is 0 Å². The molecule has 18 heteroatoms. The Morgan fingerprint density at radius 3 is 2.08 bits per heavy atom. The van der Waals surface area contributed by atoms with Crippen molar-refractivity contribution < 1.29 is 59.3 Å². The number of ether oxygens (including phenoxy) is 1. The van der Waals surface area contributed by atoms with Gasteiger partial charge in [0.2, 0.25) is 15.9 Å². The Hall–Kier alpha value is -2.96. The minimum atomic E-state index is -5.08. The number of hydrogen-bond acceptors (Lipinski definition) is 8. The summed E-state index contributed by atoms with van der Waals surface area (Å²) in [4.78, 5) is 24.6. The standard InChI is InChI=1S/C17H21N3O3S2.2C2HF3O2/c1-19-13-17(23-16-15(25(19,21)22)3-2-7-18-16)5-8-20(9-6-17)11-14-4-10-24-12-14;2*3-2(4,5)1(6)7/h2-4,7,10,12H,5-6,8-9,11,13H2,1H3;2*(H,6,7). The molecule has 2 aliphatic heterocycles. The van der Waals surface area contributed by atoms with Crippen molar-refractivity contribution in [2.24, 2.45) is 0 Å². The molecule has 2 aliphatic rings. The second-order valence-electron chi connectivity index (χ2n) is 8.37. The number of fused-ring (bicyclic) bond motifs is 1. The van der Waals surface area contributed by atoms with E-state index < -0.39 is 39.9 Å². The van der Waals surface area contributed by atoms with Crippen molar-refractivity contribution in [1.82, 2.24) is 14.2 Å². The van der Waals surface area contributed by atoms with Gasteiger partial charge in [-0.15, -0.1) is 0 Å². The molecule has 0 radical (unpaired) electrons. The highest BCUT2D eigenvalue weighted by molar-refractivity contribution is 7.89. The quantitative estimate of drug-likeness (QED) is 0.492. The van der Waals surface area contributed by atoms with Gasteiger partial charge in [0, 0.05) is 45.7 Å². The van der Waals surface area contributed by atoms with Crippen LogP contribution in [0.4, 0.5) is 26.3 Å². The van der Waals surface area contributed by atoms with Crippen molar-refractivity contribution in [3.63, 3.8) is 0 Å². The third-order valence-electron chi connectivity index (χ3n) is 5.49. The molecule has 2 N–H and O–H groups in total. The summed E-state index contributed by atoms with van der Waals surface area (Å²) in [6.45, 7) is 3.05. The summed E-state index contributed by atoms with van der Waals surface area (Å²) in [5.74, 6) is -5.28. The van der Waals surface area contributed by atoms with E-state index in [1.54, 1.807) is 36.7 Å². The van der Waals surface area contributed by atoms with Crippen LogP contribution in [0.3, 0.4) is 0 Å². The molecule has 1 spiro atoms. The van der Waals surface area contributed by atoms with Gasteiger partial charge in [0.1, 0.15) is 10.5 Å². The predicted molar refractivity (Wildman–Crippen MR) is 124 cm³/mol. The van der Waals surface area contributed by atoms with E-state index in [4.69, 9.17) is 24.5 Å². The van der Waals surface area contributed by atoms with E-state index in [0.29, 0.717) is 6.54 Å². The summed E-state index contributed by atoms with van der Waals surface area (Å²) in [5, 5.41) is 18.5. The van der Waals surface area contributed by atoms with E-state index in [0.717, 1.165) is 32.5 Å². The number of carbonyl (C=O) groups is 2. The minimum absolute atomic E-state index is 0.162. The average Bonchev–Trinajstić information content (AvgIpc) is 3.31. The van der Waals surface area contributed by atoms with E-state index >= 15 is 0 Å². The fourth-order valence-corrected chi connectivity index (χ4v) is 5.53. The molecule has 0 aromatic carbocycles. The molecule has 1 fully saturated rings. The molecule has 0 aliphatic carbocycles. The Morgan fingerprint density at radius 1 is 1.08 bits per heavy atom. The normalized spacial score (nSPS) is 18.7. The lowest BCUT2D eigenvalue weighted by molar-refractivity contribution is -0.193. The van der Waals surface area contributed by atoms with E-state index in [1.165, 1.54) is 9.87 Å². The van der Waals surface area contributed by atoms with Crippen molar-refractivity contribution in [3.05, 3.63) is 40.7 Å². The number of alkyl halides is 6. The molecule has 1 saturated heterocycles. The number of hydrogen-bond donors (Lipinski definition) is 2. The van der Waals surface area contributed by atoms with Gasteiger partial charge in [-0.25, -0.2) is 23.0 Å². The number of thiophene rings is 1. The number of aliphatic carboxylic acids is 2. The molecular weight excluding hydrogens is 584 g/mol. The van der Waals surface area contributed by atoms with Crippen molar-refractivity contribution in [1.29, 1.82) is 0 Å². The van der Waals surface area contributed by atoms with E-state index in [2.05, 4.69) is 26.7 Å². The molecule has 39 heavy (non-hydrogen) atoms. The largest absolute Gasteiger partial charge is 0.490 e. The molecule has 218 valence electrons. The highest BCUT2D eigenvalue weighted by Gasteiger charge is 2.45. The Kier molecular flexibility index (Phi) is 10.3. The first-order valence-electron chi connectivity index (χ1n) is 10.8. The molecule has 0 bridgehead atoms. The summed E-state index contributed by atoms with van der Waals surface area (Å²) in [5.41, 5.74) is 0.821. The number of sulfonamides is 1. The number of likely N-dealkylation sites (N-methyl/N-ethyl adjacent to an activating group) is 1. The van der Waals surface area contributed by atoms with Crippen molar-refractivity contribution in [3.8, 4) is 5.88 Å². The van der Waals surface area contributed by atoms with Gasteiger partial charge in [-0.1, -0.05) is 0 Å². The van der Waals surface area contributed by atoms with Crippen LogP contribution < -0.4 is 4.74 Å². The van der Waals surface area contributed by atoms with E-state index in [-0.39, 0.29) is 10.8 Å². The number of carboxylic acids is 2. The maximum atomic E-state index is 12.7. The molecule has 0 atom stereocenters. The first-order valence-corrected chi connectivity index (χ1v) is 13.2. The van der Waals surface area contributed by atoms with Crippen molar-refractivity contribution >= 4 is 33.3 Å². The number of halogens is 6. The molecule has 0 unspecified atom stereocenters. The number of pyridine rings is 1. The summed E-state index contributed by atoms with van der Waals surface area (Å²) >= 11 is 1.71. The van der Waals surface area contributed by atoms with Gasteiger partial charge in [0.25, 0.3) is 0 Å². The highest BCUT2D eigenvalue weighted by Crippen LogP contribution is 2.37. The highest BCUT2D eigenvalue weighted by atomic mass is 32.2. The van der Waals surface area contributed by atoms with Crippen molar-refractivity contribution in [2.75, 3.05) is 26.7 Å². The Balaban J connectivity index is 0.000000317. The summed E-state index contributed by atoms with van der Waals surface area (Å²) < 4.78 is 96.5. The first-order chi connectivity index (χ1) is 17.9. The van der Waals surface area contributed by atoms with Gasteiger partial charge in [-0.2, -0.15) is 42.0 Å². The number of rotatable bonds is 2. The summed E-state index contributed by atoms with van der Waals surface area (Å²) in [6.07, 6.45) is -7.01. The molecule has 0 saturated carbocycles. The fraction of sp³-hybridized carbons (Fsp3) is 0.476. The average molecular weight is 608 g/mol. The Bertz CT molecular complexity index is 1210. The third kappa shape index (κ3) is 9.04. The number of nitrogens with zero attached hydrogens (tertiary/aromatic N) is 3. The van der Waals surface area contributed by atoms with E-state index in [9.17, 15) is 34.8 Å². The van der Waals surface area contributed by atoms with Crippen LogP contribution >= 0.6 is 11.3 Å². The fourth-order valence-electron chi connectivity index (χ4n) is 3.56. The SMILES string of the molecule is CN1CC2(CCN(Cc3ccsc3)CC2)Oc2ncccc2S1(=O)=O.O=C(O)C(F)(F)F.O=C(O)C(F)(F)F. The van der Waals surface area contributed by atoms with Crippen LogP contribution in [-0.2, 0) is 26.2 Å². The maximum Gasteiger partial charge on any atom is 0.490 e. The molecule has 2 aromatic heterocycles. The summed E-state index contributed by atoms with van der Waals surface area (Å²) in [6, 6.07) is 5.35. The second-order valence-corrected chi connectivity index (χ2v) is 11.2. The number of aromatic nitrogens is 1. The Morgan fingerprint density at radius 2 is 1.62 bits per heavy atom. The molecule has 0 amide bonds. The van der Waals surface area contributed by atoms with Crippen LogP contribution in [-0.4, -0.2) is 89.4 Å². The smallest absolute Gasteiger partial charge is 0.475 e. The zero-order valence-electron chi connectivity index (χ0n) is 20.1. The number of piperidine rings is 1. The topological polar surface area (TPSA) is 137 Å². The third-order valence-corrected chi connectivity index (χ3v) is 8.04. The van der Waals surface area contributed by atoms with Crippen LogP contribution in [0, 0.1) is 0 Å². The zero-order chi connectivity index (χ0) is 29.6. The van der Waals surface area contributed by atoms with Crippen LogP contribution in [0.2, 0.25) is 0 Å². The van der Waals surface area contributed by atoms with Gasteiger partial charge in [-0.3, -0.25) is 4.90 Å². The molecule has 2 aromatic rings. The van der Waals surface area contributed by atoms with Gasteiger partial charge in [-0.05, 0) is 34.5 Å². The van der Waals surface area contributed by atoms with Gasteiger partial charge >= 0.3 is 24.3 Å². The van der Waals surface area contributed by atoms with Gasteiger partial charge in [0.05, 0.1) is 6.54 Å². The van der Waals surface area contributed by atoms with Crippen LogP contribution in [0.5, 0.6) is 5.88 Å². The lowest BCUT2D eigenvalue weighted by atomic mass is 9.90. The zero-order valence-corrected chi connectivity index (χ0v) is 21.7. The molecule has 4 heterocycles. The van der Waals surface area contributed by atoms with Crippen LogP contribution in [0.1, 0.15) is 18.4 Å². The van der Waals surface area contributed by atoms with Crippen LogP contribution in [0.15, 0.2) is 40.1 Å². The molecule has 10 nitrogen and oxygen atoms in total. The van der Waals surface area contributed by atoms with Crippen LogP contribution in [0.25, 0.3) is 0 Å². The van der Waals surface area contributed by atoms with E-state index in [1.807, 2.05) is 0 Å². The predicted octanol–water partition coefficient (Wildman–Crippen LogP) is 3.46. The maximum absolute atomic E-state index is 12.7. The lowest BCUT2D eigenvalue weighted by Crippen LogP contribution is -2.53. The minimum Gasteiger partial charge on any atom is -0.475 e.